The Hall–Kier alpha value is -3.36. The Morgan fingerprint density at radius 2 is 1.46 bits per heavy atom. The van der Waals surface area contributed by atoms with E-state index in [0.29, 0.717) is 16.1 Å². The van der Waals surface area contributed by atoms with Gasteiger partial charge in [-0.25, -0.2) is 0 Å². The minimum Gasteiger partial charge on any atom is -0.315 e. The lowest BCUT2D eigenvalue weighted by atomic mass is 9.97. The Kier molecular flexibility index (Phi) is 4.00. The van der Waals surface area contributed by atoms with E-state index < -0.39 is 0 Å². The molecule has 0 aliphatic heterocycles. The molecule has 0 aliphatic carbocycles. The highest BCUT2D eigenvalue weighted by atomic mass is 35.5. The molecule has 0 N–H and O–H groups in total. The third-order valence-electron chi connectivity index (χ3n) is 5.08. The normalized spacial score (nSPS) is 11.2. The molecule has 2 aromatic heterocycles. The van der Waals surface area contributed by atoms with E-state index in [1.165, 1.54) is 0 Å². The number of hydrogen-bond acceptors (Lipinski definition) is 1. The van der Waals surface area contributed by atoms with Gasteiger partial charge in [0.05, 0.1) is 11.0 Å². The fourth-order valence-electron chi connectivity index (χ4n) is 3.82. The lowest BCUT2D eigenvalue weighted by Crippen LogP contribution is -2.04. The summed E-state index contributed by atoms with van der Waals surface area (Å²) in [7, 11) is 0. The van der Waals surface area contributed by atoms with Crippen molar-refractivity contribution in [2.24, 2.45) is 0 Å². The number of aromatic nitrogens is 1. The van der Waals surface area contributed by atoms with Crippen LogP contribution in [0.5, 0.6) is 0 Å². The Bertz CT molecular complexity index is 1320. The first-order chi connectivity index (χ1) is 13.7. The van der Waals surface area contributed by atoms with Gasteiger partial charge in [0.1, 0.15) is 0 Å². The molecule has 3 heteroatoms. The van der Waals surface area contributed by atoms with Crippen molar-refractivity contribution in [2.45, 2.75) is 0 Å². The Morgan fingerprint density at radius 1 is 0.750 bits per heavy atom. The molecule has 0 fully saturated rings. The Morgan fingerprint density at radius 3 is 2.25 bits per heavy atom. The molecule has 5 rings (SSSR count). The molecule has 0 atom stereocenters. The third-order valence-corrected chi connectivity index (χ3v) is 5.33. The second kappa shape index (κ2) is 6.66. The average Bonchev–Trinajstić information content (AvgIpc) is 3.09. The summed E-state index contributed by atoms with van der Waals surface area (Å²) < 4.78 is 2.11. The zero-order chi connectivity index (χ0) is 19.1. The quantitative estimate of drug-likeness (QED) is 0.321. The molecule has 0 saturated carbocycles. The van der Waals surface area contributed by atoms with Gasteiger partial charge in [-0.15, -0.1) is 0 Å². The molecule has 3 aromatic carbocycles. The molecule has 0 bridgehead atoms. The van der Waals surface area contributed by atoms with Gasteiger partial charge in [0, 0.05) is 33.3 Å². The minimum atomic E-state index is -0.0118. The smallest absolute Gasteiger partial charge is 0.195 e. The zero-order valence-corrected chi connectivity index (χ0v) is 15.7. The maximum atomic E-state index is 13.4. The molecule has 2 heterocycles. The maximum absolute atomic E-state index is 13.4. The lowest BCUT2D eigenvalue weighted by Gasteiger charge is -2.08. The number of rotatable bonds is 3. The topological polar surface area (TPSA) is 21.5 Å². The number of carbonyl (C=O) groups is 1. The molecule has 0 saturated heterocycles. The van der Waals surface area contributed by atoms with E-state index in [0.717, 1.165) is 27.5 Å². The largest absolute Gasteiger partial charge is 0.315 e. The van der Waals surface area contributed by atoms with E-state index in [4.69, 9.17) is 11.6 Å². The van der Waals surface area contributed by atoms with Crippen LogP contribution in [0, 0.1) is 0 Å². The summed E-state index contributed by atoms with van der Waals surface area (Å²) in [4.78, 5) is 13.4. The van der Waals surface area contributed by atoms with Crippen LogP contribution in [0.2, 0.25) is 5.02 Å². The van der Waals surface area contributed by atoms with E-state index in [2.05, 4.69) is 28.7 Å². The standard InChI is InChI=1S/C25H16ClNO/c26-19-14-12-18(13-15-19)25(28)21-10-6-16-27-22-11-5-4-9-20(22)23(24(21)27)17-7-2-1-3-8-17/h1-16H. The van der Waals surface area contributed by atoms with Crippen LogP contribution >= 0.6 is 11.6 Å². The van der Waals surface area contributed by atoms with E-state index in [-0.39, 0.29) is 5.78 Å². The maximum Gasteiger partial charge on any atom is 0.195 e. The van der Waals surface area contributed by atoms with Crippen molar-refractivity contribution in [1.29, 1.82) is 0 Å². The number of para-hydroxylation sites is 1. The first-order valence-electron chi connectivity index (χ1n) is 9.11. The third kappa shape index (κ3) is 2.62. The number of halogens is 1. The number of ketones is 1. The summed E-state index contributed by atoms with van der Waals surface area (Å²) in [5.74, 6) is -0.0118. The van der Waals surface area contributed by atoms with Crippen LogP contribution < -0.4 is 0 Å². The molecule has 0 amide bonds. The molecular weight excluding hydrogens is 366 g/mol. The van der Waals surface area contributed by atoms with Gasteiger partial charge < -0.3 is 4.40 Å². The van der Waals surface area contributed by atoms with Gasteiger partial charge in [-0.2, -0.15) is 0 Å². The summed E-state index contributed by atoms with van der Waals surface area (Å²) >= 11 is 6.00. The van der Waals surface area contributed by atoms with Crippen LogP contribution in [0.25, 0.3) is 27.5 Å². The molecule has 0 radical (unpaired) electrons. The molecular formula is C25H16ClNO. The summed E-state index contributed by atoms with van der Waals surface area (Å²) in [5.41, 5.74) is 5.49. The molecule has 134 valence electrons. The summed E-state index contributed by atoms with van der Waals surface area (Å²) in [6.45, 7) is 0. The van der Waals surface area contributed by atoms with Crippen molar-refractivity contribution < 1.29 is 4.79 Å². The highest BCUT2D eigenvalue weighted by Gasteiger charge is 2.20. The number of pyridine rings is 1. The minimum absolute atomic E-state index is 0.0118. The van der Waals surface area contributed by atoms with Gasteiger partial charge in [-0.05, 0) is 48.0 Å². The predicted molar refractivity (Wildman–Crippen MR) is 115 cm³/mol. The van der Waals surface area contributed by atoms with Gasteiger partial charge in [0.15, 0.2) is 5.78 Å². The number of nitrogens with zero attached hydrogens (tertiary/aromatic N) is 1. The number of carbonyl (C=O) groups excluding carboxylic acids is 1. The first-order valence-corrected chi connectivity index (χ1v) is 9.49. The number of hydrogen-bond donors (Lipinski definition) is 0. The summed E-state index contributed by atoms with van der Waals surface area (Å²) in [5, 5.41) is 1.75. The zero-order valence-electron chi connectivity index (χ0n) is 15.0. The molecule has 0 aliphatic rings. The van der Waals surface area contributed by atoms with Crippen LogP contribution in [-0.4, -0.2) is 10.2 Å². The van der Waals surface area contributed by atoms with Crippen molar-refractivity contribution >= 4 is 33.8 Å². The van der Waals surface area contributed by atoms with E-state index in [1.807, 2.05) is 48.7 Å². The number of benzene rings is 3. The highest BCUT2D eigenvalue weighted by molar-refractivity contribution is 6.30. The van der Waals surface area contributed by atoms with Gasteiger partial charge in [0.25, 0.3) is 0 Å². The van der Waals surface area contributed by atoms with E-state index >= 15 is 0 Å². The molecule has 0 unspecified atom stereocenters. The fourth-order valence-corrected chi connectivity index (χ4v) is 3.95. The molecule has 2 nitrogen and oxygen atoms in total. The van der Waals surface area contributed by atoms with Crippen LogP contribution in [0.4, 0.5) is 0 Å². The Balaban J connectivity index is 1.87. The van der Waals surface area contributed by atoms with Crippen molar-refractivity contribution in [3.8, 4) is 11.1 Å². The van der Waals surface area contributed by atoms with Crippen molar-refractivity contribution in [3.63, 3.8) is 0 Å². The molecule has 5 aromatic rings. The van der Waals surface area contributed by atoms with Gasteiger partial charge in [-0.1, -0.05) is 60.1 Å². The van der Waals surface area contributed by atoms with Crippen LogP contribution in [0.3, 0.4) is 0 Å². The second-order valence-corrected chi connectivity index (χ2v) is 7.17. The van der Waals surface area contributed by atoms with Gasteiger partial charge >= 0.3 is 0 Å². The van der Waals surface area contributed by atoms with Crippen molar-refractivity contribution in [1.82, 2.24) is 4.40 Å². The molecule has 0 spiro atoms. The van der Waals surface area contributed by atoms with Crippen molar-refractivity contribution in [2.75, 3.05) is 0 Å². The summed E-state index contributed by atoms with van der Waals surface area (Å²) in [6, 6.07) is 29.4. The van der Waals surface area contributed by atoms with Crippen LogP contribution in [0.15, 0.2) is 97.2 Å². The van der Waals surface area contributed by atoms with Gasteiger partial charge in [0.2, 0.25) is 0 Å². The van der Waals surface area contributed by atoms with Crippen LogP contribution in [-0.2, 0) is 0 Å². The van der Waals surface area contributed by atoms with E-state index in [9.17, 15) is 4.79 Å². The van der Waals surface area contributed by atoms with E-state index in [1.54, 1.807) is 24.3 Å². The molecule has 28 heavy (non-hydrogen) atoms. The van der Waals surface area contributed by atoms with Gasteiger partial charge in [-0.3, -0.25) is 4.79 Å². The predicted octanol–water partition coefficient (Wildman–Crippen LogP) is 6.64. The Labute approximate surface area is 167 Å². The lowest BCUT2D eigenvalue weighted by molar-refractivity contribution is 0.104. The average molecular weight is 382 g/mol. The SMILES string of the molecule is O=C(c1ccc(Cl)cc1)c1cccn2c1c(-c1ccccc1)c1ccccc12. The number of fused-ring (bicyclic) bond motifs is 3. The van der Waals surface area contributed by atoms with Crippen molar-refractivity contribution in [3.05, 3.63) is 113 Å². The monoisotopic (exact) mass is 381 g/mol. The van der Waals surface area contributed by atoms with Crippen LogP contribution in [0.1, 0.15) is 15.9 Å². The first kappa shape index (κ1) is 16.8. The summed E-state index contributed by atoms with van der Waals surface area (Å²) in [6.07, 6.45) is 2.02. The fraction of sp³-hybridized carbons (Fsp3) is 0. The second-order valence-electron chi connectivity index (χ2n) is 6.73. The highest BCUT2D eigenvalue weighted by Crippen LogP contribution is 2.37.